The molecule has 1 aromatic rings. The van der Waals surface area contributed by atoms with Crippen molar-refractivity contribution < 1.29 is 0 Å². The number of piperazine rings is 1. The maximum Gasteiger partial charge on any atom is 0.128 e. The summed E-state index contributed by atoms with van der Waals surface area (Å²) in [7, 11) is 2.20. The second kappa shape index (κ2) is 5.67. The number of hydrogen-bond acceptors (Lipinski definition) is 4. The molecule has 1 aliphatic heterocycles. The second-order valence-electron chi connectivity index (χ2n) is 5.33. The highest BCUT2D eigenvalue weighted by Crippen LogP contribution is 2.19. The molecule has 0 amide bonds. The van der Waals surface area contributed by atoms with Gasteiger partial charge in [0.1, 0.15) is 5.82 Å². The van der Waals surface area contributed by atoms with Gasteiger partial charge in [-0.25, -0.2) is 4.98 Å². The lowest BCUT2D eigenvalue weighted by atomic mass is 10.1. The van der Waals surface area contributed by atoms with Gasteiger partial charge < -0.3 is 10.6 Å². The first kappa shape index (κ1) is 13.3. The summed E-state index contributed by atoms with van der Waals surface area (Å²) < 4.78 is 0. The molecular weight excluding hydrogens is 224 g/mol. The number of anilines is 1. The van der Waals surface area contributed by atoms with Gasteiger partial charge in [-0.2, -0.15) is 0 Å². The molecule has 0 spiro atoms. The van der Waals surface area contributed by atoms with E-state index in [4.69, 9.17) is 5.73 Å². The van der Waals surface area contributed by atoms with Crippen LogP contribution in [0.1, 0.15) is 19.4 Å². The van der Waals surface area contributed by atoms with Crippen LogP contribution in [0.3, 0.4) is 0 Å². The maximum absolute atomic E-state index is 5.55. The van der Waals surface area contributed by atoms with Crippen LogP contribution in [0.5, 0.6) is 0 Å². The minimum atomic E-state index is 0.569. The summed E-state index contributed by atoms with van der Waals surface area (Å²) in [6.45, 7) is 7.31. The highest BCUT2D eigenvalue weighted by Gasteiger charge is 2.26. The number of aromatic nitrogens is 1. The van der Waals surface area contributed by atoms with Crippen LogP contribution in [-0.4, -0.2) is 48.6 Å². The van der Waals surface area contributed by atoms with Gasteiger partial charge in [0.15, 0.2) is 0 Å². The van der Waals surface area contributed by atoms with E-state index in [0.29, 0.717) is 18.6 Å². The molecule has 0 aromatic carbocycles. The molecule has 1 aliphatic rings. The Labute approximate surface area is 110 Å². The number of likely N-dealkylation sites (N-methyl/N-ethyl adjacent to an activating group) is 1. The molecule has 0 aliphatic carbocycles. The van der Waals surface area contributed by atoms with Gasteiger partial charge in [-0.1, -0.05) is 6.07 Å². The zero-order chi connectivity index (χ0) is 13.1. The third-order valence-electron chi connectivity index (χ3n) is 3.93. The molecule has 18 heavy (non-hydrogen) atoms. The molecule has 0 saturated carbocycles. The Hall–Kier alpha value is -1.13. The van der Waals surface area contributed by atoms with Gasteiger partial charge in [-0.3, -0.25) is 4.90 Å². The normalized spacial score (nSPS) is 25.4. The number of rotatable bonds is 3. The molecule has 1 fully saturated rings. The number of pyridine rings is 1. The van der Waals surface area contributed by atoms with E-state index < -0.39 is 0 Å². The molecule has 2 heterocycles. The summed E-state index contributed by atoms with van der Waals surface area (Å²) in [5.41, 5.74) is 6.77. The molecule has 1 aromatic heterocycles. The maximum atomic E-state index is 5.55. The summed E-state index contributed by atoms with van der Waals surface area (Å²) >= 11 is 0. The van der Waals surface area contributed by atoms with Gasteiger partial charge in [0.2, 0.25) is 0 Å². The fourth-order valence-corrected chi connectivity index (χ4v) is 2.51. The molecule has 2 unspecified atom stereocenters. The molecule has 100 valence electrons. The average molecular weight is 248 g/mol. The zero-order valence-corrected chi connectivity index (χ0v) is 11.6. The van der Waals surface area contributed by atoms with Crippen LogP contribution in [-0.2, 0) is 6.42 Å². The van der Waals surface area contributed by atoms with Crippen molar-refractivity contribution in [1.82, 2.24) is 9.88 Å². The third kappa shape index (κ3) is 2.82. The minimum Gasteiger partial charge on any atom is -0.354 e. The summed E-state index contributed by atoms with van der Waals surface area (Å²) in [5, 5.41) is 0. The van der Waals surface area contributed by atoms with Crippen LogP contribution >= 0.6 is 0 Å². The fraction of sp³-hybridized carbons (Fsp3) is 0.643. The number of nitrogens with zero attached hydrogens (tertiary/aromatic N) is 3. The van der Waals surface area contributed by atoms with E-state index >= 15 is 0 Å². The molecule has 0 radical (unpaired) electrons. The van der Waals surface area contributed by atoms with Crippen molar-refractivity contribution in [2.24, 2.45) is 5.73 Å². The molecule has 2 rings (SSSR count). The first-order valence-corrected chi connectivity index (χ1v) is 6.73. The molecule has 4 nitrogen and oxygen atoms in total. The SMILES string of the molecule is CC1CN(c2ccc(CCN)cn2)CC(C)N1C. The molecule has 4 heteroatoms. The Morgan fingerprint density at radius 2 is 1.94 bits per heavy atom. The summed E-state index contributed by atoms with van der Waals surface area (Å²) in [6.07, 6.45) is 2.86. The lowest BCUT2D eigenvalue weighted by molar-refractivity contribution is 0.169. The largest absolute Gasteiger partial charge is 0.354 e. The Morgan fingerprint density at radius 3 is 2.44 bits per heavy atom. The van der Waals surface area contributed by atoms with Crippen LogP contribution < -0.4 is 10.6 Å². The van der Waals surface area contributed by atoms with Crippen LogP contribution in [0.4, 0.5) is 5.82 Å². The van der Waals surface area contributed by atoms with E-state index in [2.05, 4.69) is 47.8 Å². The van der Waals surface area contributed by atoms with Crippen molar-refractivity contribution in [3.05, 3.63) is 23.9 Å². The van der Waals surface area contributed by atoms with Gasteiger partial charge in [0.05, 0.1) is 0 Å². The standard InChI is InChI=1S/C14H24N4/c1-11-9-18(10-12(2)17(11)3)14-5-4-13(6-7-15)8-16-14/h4-5,8,11-12H,6-7,9-10,15H2,1-3H3. The summed E-state index contributed by atoms with van der Waals surface area (Å²) in [5.74, 6) is 1.09. The van der Waals surface area contributed by atoms with Gasteiger partial charge >= 0.3 is 0 Å². The molecule has 0 bridgehead atoms. The molecule has 2 N–H and O–H groups in total. The summed E-state index contributed by atoms with van der Waals surface area (Å²) in [6, 6.07) is 5.40. The van der Waals surface area contributed by atoms with Crippen molar-refractivity contribution >= 4 is 5.82 Å². The number of nitrogens with two attached hydrogens (primary N) is 1. The lowest BCUT2D eigenvalue weighted by Gasteiger charge is -2.43. The van der Waals surface area contributed by atoms with Crippen LogP contribution in [0, 0.1) is 0 Å². The second-order valence-corrected chi connectivity index (χ2v) is 5.33. The van der Waals surface area contributed by atoms with Gasteiger partial charge in [0.25, 0.3) is 0 Å². The van der Waals surface area contributed by atoms with Crippen molar-refractivity contribution in [3.8, 4) is 0 Å². The zero-order valence-electron chi connectivity index (χ0n) is 11.6. The third-order valence-corrected chi connectivity index (χ3v) is 3.93. The Balaban J connectivity index is 2.07. The molecule has 2 atom stereocenters. The molecular formula is C14H24N4. The first-order chi connectivity index (χ1) is 8.61. The highest BCUT2D eigenvalue weighted by atomic mass is 15.3. The quantitative estimate of drug-likeness (QED) is 0.870. The fourth-order valence-electron chi connectivity index (χ4n) is 2.51. The van der Waals surface area contributed by atoms with Crippen LogP contribution in [0.2, 0.25) is 0 Å². The minimum absolute atomic E-state index is 0.569. The highest BCUT2D eigenvalue weighted by molar-refractivity contribution is 5.40. The van der Waals surface area contributed by atoms with Crippen LogP contribution in [0.25, 0.3) is 0 Å². The first-order valence-electron chi connectivity index (χ1n) is 6.73. The predicted molar refractivity (Wildman–Crippen MR) is 75.9 cm³/mol. The van der Waals surface area contributed by atoms with Crippen molar-refractivity contribution in [2.45, 2.75) is 32.4 Å². The Bertz CT molecular complexity index is 364. The van der Waals surface area contributed by atoms with Crippen molar-refractivity contribution in [3.63, 3.8) is 0 Å². The van der Waals surface area contributed by atoms with E-state index in [1.54, 1.807) is 0 Å². The Morgan fingerprint density at radius 1 is 1.28 bits per heavy atom. The van der Waals surface area contributed by atoms with Gasteiger partial charge in [0, 0.05) is 31.4 Å². The van der Waals surface area contributed by atoms with E-state index in [-0.39, 0.29) is 0 Å². The average Bonchev–Trinajstić information content (AvgIpc) is 2.37. The smallest absolute Gasteiger partial charge is 0.128 e. The predicted octanol–water partition coefficient (Wildman–Crippen LogP) is 1.11. The summed E-state index contributed by atoms with van der Waals surface area (Å²) in [4.78, 5) is 9.37. The van der Waals surface area contributed by atoms with Crippen LogP contribution in [0.15, 0.2) is 18.3 Å². The van der Waals surface area contributed by atoms with E-state index in [9.17, 15) is 0 Å². The molecule has 1 saturated heterocycles. The van der Waals surface area contributed by atoms with E-state index in [0.717, 1.165) is 25.3 Å². The van der Waals surface area contributed by atoms with Gasteiger partial charge in [-0.05, 0) is 45.5 Å². The number of hydrogen-bond donors (Lipinski definition) is 1. The van der Waals surface area contributed by atoms with E-state index in [1.165, 1.54) is 5.56 Å². The Kier molecular flexibility index (Phi) is 4.19. The monoisotopic (exact) mass is 248 g/mol. The van der Waals surface area contributed by atoms with E-state index in [1.807, 2.05) is 6.20 Å². The van der Waals surface area contributed by atoms with Crippen molar-refractivity contribution in [1.29, 1.82) is 0 Å². The van der Waals surface area contributed by atoms with Gasteiger partial charge in [-0.15, -0.1) is 0 Å². The lowest BCUT2D eigenvalue weighted by Crippen LogP contribution is -2.55. The topological polar surface area (TPSA) is 45.4 Å². The van der Waals surface area contributed by atoms with Crippen molar-refractivity contribution in [2.75, 3.05) is 31.6 Å².